The van der Waals surface area contributed by atoms with Gasteiger partial charge in [-0.2, -0.15) is 0 Å². The summed E-state index contributed by atoms with van der Waals surface area (Å²) in [7, 11) is 0. The fourth-order valence-electron chi connectivity index (χ4n) is 2.17. The van der Waals surface area contributed by atoms with E-state index in [4.69, 9.17) is 9.84 Å². The lowest BCUT2D eigenvalue weighted by Crippen LogP contribution is -2.26. The molecule has 0 spiro atoms. The molecule has 1 aliphatic rings. The van der Waals surface area contributed by atoms with Gasteiger partial charge in [0, 0.05) is 13.1 Å². The molecule has 1 N–H and O–H groups in total. The van der Waals surface area contributed by atoms with Gasteiger partial charge in [-0.15, -0.1) is 0 Å². The highest BCUT2D eigenvalue weighted by Gasteiger charge is 2.26. The monoisotopic (exact) mass is 261 g/mol. The second-order valence-corrected chi connectivity index (χ2v) is 4.35. The van der Waals surface area contributed by atoms with Gasteiger partial charge < -0.3 is 9.84 Å². The number of rotatable bonds is 4. The van der Waals surface area contributed by atoms with Crippen LogP contribution in [0.2, 0.25) is 0 Å². The molecule has 1 aliphatic heterocycles. The average molecular weight is 261 g/mol. The minimum absolute atomic E-state index is 0.0290. The summed E-state index contributed by atoms with van der Waals surface area (Å²) >= 11 is 0. The number of hydrogen-bond acceptors (Lipinski definition) is 3. The molecule has 0 unspecified atom stereocenters. The molecule has 19 heavy (non-hydrogen) atoms. The normalized spacial score (nSPS) is 12.9. The Balaban J connectivity index is 2.13. The van der Waals surface area contributed by atoms with Crippen molar-refractivity contribution in [2.75, 3.05) is 6.61 Å². The van der Waals surface area contributed by atoms with Gasteiger partial charge in [0.25, 0.3) is 0 Å². The maximum atomic E-state index is 11.7. The number of nitrogens with zero attached hydrogens (tertiary/aromatic N) is 1. The Bertz CT molecular complexity index is 524. The summed E-state index contributed by atoms with van der Waals surface area (Å²) in [4.78, 5) is 24.1. The first-order chi connectivity index (χ1) is 9.11. The standard InChI is InChI=1S/C14H15NO4/c1-2-6-19-14(18)15-8-11-5-3-4-10(7-13(16)17)12(11)9-15/h2-5H,1,6-9H2,(H,16,17). The van der Waals surface area contributed by atoms with Crippen LogP contribution in [0.1, 0.15) is 16.7 Å². The summed E-state index contributed by atoms with van der Waals surface area (Å²) < 4.78 is 4.98. The molecule has 2 rings (SSSR count). The van der Waals surface area contributed by atoms with E-state index in [1.54, 1.807) is 11.0 Å². The van der Waals surface area contributed by atoms with Gasteiger partial charge in [-0.25, -0.2) is 4.79 Å². The van der Waals surface area contributed by atoms with Crippen molar-refractivity contribution in [1.82, 2.24) is 4.90 Å². The van der Waals surface area contributed by atoms with E-state index >= 15 is 0 Å². The molecule has 100 valence electrons. The number of carboxylic acids is 1. The van der Waals surface area contributed by atoms with Crippen molar-refractivity contribution in [3.8, 4) is 0 Å². The minimum Gasteiger partial charge on any atom is -0.481 e. The van der Waals surface area contributed by atoms with Gasteiger partial charge in [-0.05, 0) is 16.7 Å². The summed E-state index contributed by atoms with van der Waals surface area (Å²) in [5, 5.41) is 8.87. The van der Waals surface area contributed by atoms with Crippen molar-refractivity contribution in [2.45, 2.75) is 19.5 Å². The highest BCUT2D eigenvalue weighted by molar-refractivity contribution is 5.72. The van der Waals surface area contributed by atoms with Crippen molar-refractivity contribution in [1.29, 1.82) is 0 Å². The van der Waals surface area contributed by atoms with Crippen molar-refractivity contribution in [3.05, 3.63) is 47.5 Å². The molecular formula is C14H15NO4. The largest absolute Gasteiger partial charge is 0.481 e. The molecule has 0 radical (unpaired) electrons. The van der Waals surface area contributed by atoms with E-state index < -0.39 is 12.1 Å². The first-order valence-corrected chi connectivity index (χ1v) is 5.96. The predicted molar refractivity (Wildman–Crippen MR) is 68.6 cm³/mol. The van der Waals surface area contributed by atoms with Crippen molar-refractivity contribution >= 4 is 12.1 Å². The molecule has 0 bridgehead atoms. The van der Waals surface area contributed by atoms with Gasteiger partial charge in [0.1, 0.15) is 6.61 Å². The van der Waals surface area contributed by atoms with Crippen molar-refractivity contribution < 1.29 is 19.4 Å². The molecule has 0 aliphatic carbocycles. The number of carbonyl (C=O) groups excluding carboxylic acids is 1. The number of amides is 1. The summed E-state index contributed by atoms with van der Waals surface area (Å²) in [6.45, 7) is 4.51. The van der Waals surface area contributed by atoms with E-state index in [9.17, 15) is 9.59 Å². The van der Waals surface area contributed by atoms with Gasteiger partial charge >= 0.3 is 12.1 Å². The van der Waals surface area contributed by atoms with Crippen LogP contribution in [-0.4, -0.2) is 28.7 Å². The molecular weight excluding hydrogens is 246 g/mol. The smallest absolute Gasteiger partial charge is 0.410 e. The lowest BCUT2D eigenvalue weighted by atomic mass is 10.0. The van der Waals surface area contributed by atoms with Crippen molar-refractivity contribution in [2.24, 2.45) is 0 Å². The maximum Gasteiger partial charge on any atom is 0.410 e. The summed E-state index contributed by atoms with van der Waals surface area (Å²) in [5.74, 6) is -0.874. The number of aliphatic carboxylic acids is 1. The third kappa shape index (κ3) is 2.93. The topological polar surface area (TPSA) is 66.8 Å². The maximum absolute atomic E-state index is 11.7. The van der Waals surface area contributed by atoms with Crippen LogP contribution in [0.3, 0.4) is 0 Å². The van der Waals surface area contributed by atoms with Gasteiger partial charge in [0.05, 0.1) is 6.42 Å². The zero-order valence-electron chi connectivity index (χ0n) is 10.5. The molecule has 5 nitrogen and oxygen atoms in total. The lowest BCUT2D eigenvalue weighted by Gasteiger charge is -2.14. The summed E-state index contributed by atoms with van der Waals surface area (Å²) in [6, 6.07) is 5.50. The van der Waals surface area contributed by atoms with E-state index in [1.165, 1.54) is 6.08 Å². The SMILES string of the molecule is C=CCOC(=O)N1Cc2cccc(CC(=O)O)c2C1. The Morgan fingerprint density at radius 3 is 2.89 bits per heavy atom. The Kier molecular flexibility index (Phi) is 3.85. The molecule has 1 aromatic carbocycles. The van der Waals surface area contributed by atoms with Crippen LogP contribution in [0.5, 0.6) is 0 Å². The third-order valence-electron chi connectivity index (χ3n) is 3.00. The van der Waals surface area contributed by atoms with Crippen LogP contribution in [-0.2, 0) is 29.0 Å². The highest BCUT2D eigenvalue weighted by Crippen LogP contribution is 2.26. The van der Waals surface area contributed by atoms with Gasteiger partial charge in [0.15, 0.2) is 0 Å². The quantitative estimate of drug-likeness (QED) is 0.841. The molecule has 0 atom stereocenters. The van der Waals surface area contributed by atoms with Crippen LogP contribution >= 0.6 is 0 Å². The van der Waals surface area contributed by atoms with Crippen LogP contribution in [0.4, 0.5) is 4.79 Å². The molecule has 0 saturated carbocycles. The number of hydrogen-bond donors (Lipinski definition) is 1. The Morgan fingerprint density at radius 1 is 1.42 bits per heavy atom. The molecule has 1 aromatic rings. The number of fused-ring (bicyclic) bond motifs is 1. The molecule has 5 heteroatoms. The number of carbonyl (C=O) groups is 2. The Morgan fingerprint density at radius 2 is 2.21 bits per heavy atom. The second-order valence-electron chi connectivity index (χ2n) is 4.35. The van der Waals surface area contributed by atoms with Crippen LogP contribution in [0.25, 0.3) is 0 Å². The molecule has 1 heterocycles. The van der Waals surface area contributed by atoms with Gasteiger partial charge in [0.2, 0.25) is 0 Å². The van der Waals surface area contributed by atoms with Crippen LogP contribution in [0, 0.1) is 0 Å². The van der Waals surface area contributed by atoms with E-state index in [2.05, 4.69) is 6.58 Å². The van der Waals surface area contributed by atoms with E-state index in [0.29, 0.717) is 13.1 Å². The zero-order valence-corrected chi connectivity index (χ0v) is 10.5. The summed E-state index contributed by atoms with van der Waals surface area (Å²) in [5.41, 5.74) is 2.65. The Hall–Kier alpha value is -2.30. The van der Waals surface area contributed by atoms with E-state index in [-0.39, 0.29) is 13.0 Å². The van der Waals surface area contributed by atoms with E-state index in [0.717, 1.165) is 16.7 Å². The predicted octanol–water partition coefficient (Wildman–Crippen LogP) is 1.95. The van der Waals surface area contributed by atoms with E-state index in [1.807, 2.05) is 12.1 Å². The molecule has 0 aromatic heterocycles. The lowest BCUT2D eigenvalue weighted by molar-refractivity contribution is -0.136. The summed E-state index contributed by atoms with van der Waals surface area (Å²) in [6.07, 6.45) is 1.08. The first-order valence-electron chi connectivity index (χ1n) is 5.96. The number of benzene rings is 1. The number of carboxylic acid groups (broad SMARTS) is 1. The molecule has 1 amide bonds. The highest BCUT2D eigenvalue weighted by atomic mass is 16.6. The third-order valence-corrected chi connectivity index (χ3v) is 3.00. The van der Waals surface area contributed by atoms with Crippen LogP contribution in [0.15, 0.2) is 30.9 Å². The second kappa shape index (κ2) is 5.56. The zero-order chi connectivity index (χ0) is 13.8. The minimum atomic E-state index is -0.874. The fraction of sp³-hybridized carbons (Fsp3) is 0.286. The fourth-order valence-corrected chi connectivity index (χ4v) is 2.17. The number of ether oxygens (including phenoxy) is 1. The van der Waals surface area contributed by atoms with Crippen molar-refractivity contribution in [3.63, 3.8) is 0 Å². The van der Waals surface area contributed by atoms with Gasteiger partial charge in [-0.3, -0.25) is 9.69 Å². The first kappa shape index (κ1) is 13.1. The van der Waals surface area contributed by atoms with Crippen LogP contribution < -0.4 is 0 Å². The van der Waals surface area contributed by atoms with Gasteiger partial charge in [-0.1, -0.05) is 30.9 Å². The average Bonchev–Trinajstić information content (AvgIpc) is 2.80. The Labute approximate surface area is 111 Å². The molecule has 0 saturated heterocycles. The molecule has 0 fully saturated rings.